The highest BCUT2D eigenvalue weighted by atomic mass is 16.5. The molecule has 0 heterocycles. The summed E-state index contributed by atoms with van der Waals surface area (Å²) >= 11 is 0. The third kappa shape index (κ3) is 2.80. The largest absolute Gasteiger partial charge is 0.497 e. The number of hydrogen-bond donors (Lipinski definition) is 1. The zero-order chi connectivity index (χ0) is 14.5. The molecular formula is C15H17NO2. The van der Waals surface area contributed by atoms with Gasteiger partial charge in [-0.25, -0.2) is 0 Å². The van der Waals surface area contributed by atoms with Gasteiger partial charge in [-0.1, -0.05) is 24.3 Å². The monoisotopic (exact) mass is 245 g/mol. The van der Waals surface area contributed by atoms with Crippen molar-refractivity contribution in [3.63, 3.8) is 0 Å². The Morgan fingerprint density at radius 1 is 1.44 bits per heavy atom. The fourth-order valence-corrected chi connectivity index (χ4v) is 1.91. The fraction of sp³-hybridized carbons (Fsp3) is 0.267. The first-order valence-electron chi connectivity index (χ1n) is 6.99. The quantitative estimate of drug-likeness (QED) is 0.899. The van der Waals surface area contributed by atoms with Gasteiger partial charge in [-0.2, -0.15) is 0 Å². The van der Waals surface area contributed by atoms with Crippen LogP contribution in [0.15, 0.2) is 36.4 Å². The highest BCUT2D eigenvalue weighted by molar-refractivity contribution is 5.87. The van der Waals surface area contributed by atoms with E-state index in [-0.39, 0.29) is 12.8 Å². The lowest BCUT2D eigenvalue weighted by Gasteiger charge is -2.08. The number of hydrogen-bond acceptors (Lipinski definition) is 2. The number of carbonyl (C=O) groups is 1. The molecule has 0 saturated heterocycles. The predicted octanol–water partition coefficient (Wildman–Crippen LogP) is 2.53. The predicted molar refractivity (Wildman–Crippen MR) is 72.9 cm³/mol. The van der Waals surface area contributed by atoms with Gasteiger partial charge in [0.25, 0.3) is 0 Å². The molecule has 0 aromatic heterocycles. The third-order valence-electron chi connectivity index (χ3n) is 2.78. The smallest absolute Gasteiger partial charge is 0.216 e. The molecular weight excluding hydrogens is 226 g/mol. The molecule has 1 amide bonds. The molecule has 94 valence electrons. The molecule has 0 radical (unpaired) electrons. The Balaban J connectivity index is 2.30. The molecule has 18 heavy (non-hydrogen) atoms. The molecule has 1 N–H and O–H groups in total. The zero-order valence-corrected chi connectivity index (χ0v) is 10.3. The molecule has 2 aromatic rings. The standard InChI is InChI=1S/C15H17NO2/c1-11(17)16-9-8-13-5-3-4-12-6-7-14(18-2)10-15(12)13/h3-7,10H,8-9H2,1-2H3,(H,16,17)/i1D,10D. The van der Waals surface area contributed by atoms with Crippen molar-refractivity contribution in [2.24, 2.45) is 0 Å². The molecule has 0 saturated carbocycles. The van der Waals surface area contributed by atoms with Crippen LogP contribution in [-0.2, 0) is 11.2 Å². The average molecular weight is 245 g/mol. The summed E-state index contributed by atoms with van der Waals surface area (Å²) in [5.74, 6) is 0.258. The van der Waals surface area contributed by atoms with E-state index in [1.165, 1.54) is 0 Å². The summed E-state index contributed by atoms with van der Waals surface area (Å²) in [6.07, 6.45) is 0.627. The number of fused-ring (bicyclic) bond motifs is 1. The second-order valence-corrected chi connectivity index (χ2v) is 4.01. The molecule has 0 unspecified atom stereocenters. The van der Waals surface area contributed by atoms with Gasteiger partial charge in [0.2, 0.25) is 5.91 Å². The number of ether oxygens (including phenoxy) is 1. The Labute approximate surface area is 110 Å². The molecule has 0 aliphatic carbocycles. The average Bonchev–Trinajstić information content (AvgIpc) is 2.47. The highest BCUT2D eigenvalue weighted by Gasteiger charge is 2.03. The first kappa shape index (κ1) is 9.95. The van der Waals surface area contributed by atoms with Crippen molar-refractivity contribution < 1.29 is 12.3 Å². The van der Waals surface area contributed by atoms with Crippen LogP contribution in [0.25, 0.3) is 10.8 Å². The van der Waals surface area contributed by atoms with Gasteiger partial charge in [0.15, 0.2) is 0 Å². The minimum atomic E-state index is -0.283. The summed E-state index contributed by atoms with van der Waals surface area (Å²) in [6.45, 7) is 0.209. The molecule has 0 bridgehead atoms. The van der Waals surface area contributed by atoms with E-state index in [4.69, 9.17) is 7.48 Å². The molecule has 0 spiro atoms. The van der Waals surface area contributed by atoms with Crippen LogP contribution < -0.4 is 10.1 Å². The first-order valence-corrected chi connectivity index (χ1v) is 5.78. The number of nitrogens with one attached hydrogen (secondary N) is 1. The van der Waals surface area contributed by atoms with Gasteiger partial charge in [0.1, 0.15) is 5.75 Å². The van der Waals surface area contributed by atoms with E-state index in [1.807, 2.05) is 24.3 Å². The lowest BCUT2D eigenvalue weighted by atomic mass is 10.0. The van der Waals surface area contributed by atoms with E-state index >= 15 is 0 Å². The van der Waals surface area contributed by atoms with Gasteiger partial charge in [-0.15, -0.1) is 0 Å². The molecule has 0 aliphatic rings. The van der Waals surface area contributed by atoms with E-state index in [0.717, 1.165) is 16.3 Å². The molecule has 0 aliphatic heterocycles. The number of carbonyl (C=O) groups excluding carboxylic acids is 1. The molecule has 3 heteroatoms. The van der Waals surface area contributed by atoms with E-state index in [9.17, 15) is 4.79 Å². The van der Waals surface area contributed by atoms with E-state index < -0.39 is 0 Å². The Kier molecular flexibility index (Phi) is 3.06. The van der Waals surface area contributed by atoms with Gasteiger partial charge in [0.05, 0.1) is 8.48 Å². The second-order valence-electron chi connectivity index (χ2n) is 4.01. The van der Waals surface area contributed by atoms with Gasteiger partial charge < -0.3 is 10.1 Å². The number of amides is 1. The van der Waals surface area contributed by atoms with Gasteiger partial charge >= 0.3 is 0 Å². The number of methoxy groups -OCH3 is 1. The zero-order valence-electron chi connectivity index (χ0n) is 12.3. The molecule has 0 atom stereocenters. The lowest BCUT2D eigenvalue weighted by Crippen LogP contribution is -2.22. The van der Waals surface area contributed by atoms with Crippen molar-refractivity contribution in [2.75, 3.05) is 13.7 Å². The summed E-state index contributed by atoms with van der Waals surface area (Å²) in [4.78, 5) is 11.1. The topological polar surface area (TPSA) is 38.3 Å². The van der Waals surface area contributed by atoms with Crippen LogP contribution in [0.2, 0.25) is 0 Å². The van der Waals surface area contributed by atoms with Crippen molar-refractivity contribution in [3.05, 3.63) is 41.9 Å². The minimum Gasteiger partial charge on any atom is -0.497 e. The normalized spacial score (nSPS) is 11.8. The SMILES string of the molecule is [2H]CC(=O)NCCc1cccc2ccc(OC)c([2H])c12. The molecule has 0 fully saturated rings. The highest BCUT2D eigenvalue weighted by Crippen LogP contribution is 2.24. The van der Waals surface area contributed by atoms with Crippen LogP contribution in [0.3, 0.4) is 0 Å². The van der Waals surface area contributed by atoms with Crippen LogP contribution in [0.5, 0.6) is 5.75 Å². The summed E-state index contributed by atoms with van der Waals surface area (Å²) in [6, 6.07) is 9.93. The van der Waals surface area contributed by atoms with E-state index in [1.54, 1.807) is 13.2 Å². The summed E-state index contributed by atoms with van der Waals surface area (Å²) in [5.41, 5.74) is 0.997. The van der Waals surface area contributed by atoms with Crippen molar-refractivity contribution in [2.45, 2.75) is 13.3 Å². The van der Waals surface area contributed by atoms with Crippen LogP contribution in [-0.4, -0.2) is 19.6 Å². The molecule has 2 rings (SSSR count). The third-order valence-corrected chi connectivity index (χ3v) is 2.78. The molecule has 2 aromatic carbocycles. The lowest BCUT2D eigenvalue weighted by molar-refractivity contribution is -0.118. The Hall–Kier alpha value is -2.03. The van der Waals surface area contributed by atoms with Crippen LogP contribution >= 0.6 is 0 Å². The summed E-state index contributed by atoms with van der Waals surface area (Å²) in [7, 11) is 1.55. The number of benzene rings is 2. The first-order chi connectivity index (χ1) is 9.67. The molecule has 3 nitrogen and oxygen atoms in total. The maximum Gasteiger partial charge on any atom is 0.216 e. The summed E-state index contributed by atoms with van der Waals surface area (Å²) < 4.78 is 20.3. The van der Waals surface area contributed by atoms with Crippen LogP contribution in [0, 0.1) is 0 Å². The van der Waals surface area contributed by atoms with Crippen LogP contribution in [0.1, 0.15) is 15.2 Å². The van der Waals surface area contributed by atoms with Crippen molar-refractivity contribution in [1.29, 1.82) is 0 Å². The van der Waals surface area contributed by atoms with Gasteiger partial charge in [-0.3, -0.25) is 4.79 Å². The fourth-order valence-electron chi connectivity index (χ4n) is 1.91. The second kappa shape index (κ2) is 5.54. The maximum atomic E-state index is 11.1. The van der Waals surface area contributed by atoms with Crippen LogP contribution in [0.4, 0.5) is 0 Å². The van der Waals surface area contributed by atoms with Crippen molar-refractivity contribution in [1.82, 2.24) is 5.32 Å². The van der Waals surface area contributed by atoms with Gasteiger partial charge in [-0.05, 0) is 34.9 Å². The minimum absolute atomic E-state index is 0.257. The van der Waals surface area contributed by atoms with Crippen molar-refractivity contribution >= 4 is 16.7 Å². The van der Waals surface area contributed by atoms with Crippen molar-refractivity contribution in [3.8, 4) is 5.75 Å². The summed E-state index contributed by atoms with van der Waals surface area (Å²) in [5, 5.41) is 4.51. The van der Waals surface area contributed by atoms with Gasteiger partial charge in [0, 0.05) is 14.8 Å². The van der Waals surface area contributed by atoms with E-state index in [0.29, 0.717) is 24.8 Å². The number of rotatable bonds is 4. The Morgan fingerprint density at radius 3 is 3.11 bits per heavy atom. The Bertz CT molecular complexity index is 629. The maximum absolute atomic E-state index is 11.1. The van der Waals surface area contributed by atoms with E-state index in [2.05, 4.69) is 5.32 Å². The Morgan fingerprint density at radius 2 is 2.33 bits per heavy atom.